The number of rotatable bonds is 6. The zero-order valence-corrected chi connectivity index (χ0v) is 14.0. The second-order valence-electron chi connectivity index (χ2n) is 6.29. The molecule has 1 amide bonds. The Labute approximate surface area is 145 Å². The van der Waals surface area contributed by atoms with Gasteiger partial charge in [-0.3, -0.25) is 4.79 Å². The van der Waals surface area contributed by atoms with Crippen LogP contribution in [0.1, 0.15) is 24.7 Å². The summed E-state index contributed by atoms with van der Waals surface area (Å²) in [5.74, 6) is -0.174. The van der Waals surface area contributed by atoms with Crippen molar-refractivity contribution in [1.82, 2.24) is 5.32 Å². The van der Waals surface area contributed by atoms with Crippen molar-refractivity contribution in [2.45, 2.75) is 25.4 Å². The van der Waals surface area contributed by atoms with E-state index in [0.717, 1.165) is 5.39 Å². The van der Waals surface area contributed by atoms with E-state index < -0.39 is 5.60 Å². The summed E-state index contributed by atoms with van der Waals surface area (Å²) in [6, 6.07) is 15.6. The largest absolute Gasteiger partial charge is 0.458 e. The Kier molecular flexibility index (Phi) is 4.86. The number of amides is 1. The molecule has 2 aromatic carbocycles. The topological polar surface area (TPSA) is 62.5 Å². The summed E-state index contributed by atoms with van der Waals surface area (Å²) in [4.78, 5) is 12.0. The van der Waals surface area contributed by atoms with Gasteiger partial charge in [-0.1, -0.05) is 36.4 Å². The summed E-state index contributed by atoms with van der Waals surface area (Å²) in [6.45, 7) is 1.60. The number of carbonyl (C=O) groups excluding carboxylic acids is 1. The molecule has 1 aromatic heterocycles. The third-order valence-corrected chi connectivity index (χ3v) is 4.17. The molecule has 0 aliphatic carbocycles. The lowest BCUT2D eigenvalue weighted by Gasteiger charge is -2.21. The number of hydrogen-bond acceptors (Lipinski definition) is 3. The first-order chi connectivity index (χ1) is 12.0. The molecule has 2 N–H and O–H groups in total. The molecule has 1 heterocycles. The van der Waals surface area contributed by atoms with Crippen LogP contribution in [0, 0.1) is 5.82 Å². The Morgan fingerprint density at radius 2 is 1.92 bits per heavy atom. The Morgan fingerprint density at radius 1 is 1.20 bits per heavy atom. The molecular weight excluding hydrogens is 321 g/mol. The highest BCUT2D eigenvalue weighted by atomic mass is 19.1. The van der Waals surface area contributed by atoms with E-state index >= 15 is 0 Å². The average molecular weight is 341 g/mol. The van der Waals surface area contributed by atoms with Crippen LogP contribution in [0.5, 0.6) is 0 Å². The molecule has 4 nitrogen and oxygen atoms in total. The van der Waals surface area contributed by atoms with Crippen LogP contribution < -0.4 is 5.32 Å². The number of fused-ring (bicyclic) bond motifs is 1. The molecule has 0 radical (unpaired) electrons. The first kappa shape index (κ1) is 17.2. The molecular formula is C20H20FNO3. The van der Waals surface area contributed by atoms with Crippen LogP contribution in [-0.2, 0) is 16.8 Å². The third kappa shape index (κ3) is 4.06. The van der Waals surface area contributed by atoms with Gasteiger partial charge in [0.15, 0.2) is 0 Å². The van der Waals surface area contributed by atoms with Crippen LogP contribution in [0.4, 0.5) is 4.39 Å². The molecule has 1 unspecified atom stereocenters. The first-order valence-electron chi connectivity index (χ1n) is 8.17. The van der Waals surface area contributed by atoms with Gasteiger partial charge >= 0.3 is 0 Å². The standard InChI is InChI=1S/C20H20FNO3/c1-20(24,18-12-15-7-3-5-9-17(15)25-18)13-22-19(23)11-10-14-6-2-4-8-16(14)21/h2-9,12,24H,10-11,13H2,1H3,(H,22,23). The van der Waals surface area contributed by atoms with E-state index in [0.29, 0.717) is 23.3 Å². The number of hydrogen-bond donors (Lipinski definition) is 2. The van der Waals surface area contributed by atoms with Gasteiger partial charge in [0, 0.05) is 11.8 Å². The van der Waals surface area contributed by atoms with Crippen molar-refractivity contribution in [3.8, 4) is 0 Å². The first-order valence-corrected chi connectivity index (χ1v) is 8.17. The highest BCUT2D eigenvalue weighted by Gasteiger charge is 2.28. The molecule has 0 spiro atoms. The monoisotopic (exact) mass is 341 g/mol. The zero-order chi connectivity index (χ0) is 17.9. The van der Waals surface area contributed by atoms with Gasteiger partial charge in [0.25, 0.3) is 0 Å². The van der Waals surface area contributed by atoms with Crippen molar-refractivity contribution >= 4 is 16.9 Å². The molecule has 3 rings (SSSR count). The van der Waals surface area contributed by atoms with Crippen molar-refractivity contribution in [3.63, 3.8) is 0 Å². The zero-order valence-electron chi connectivity index (χ0n) is 14.0. The van der Waals surface area contributed by atoms with Crippen LogP contribution in [0.2, 0.25) is 0 Å². The van der Waals surface area contributed by atoms with E-state index in [1.165, 1.54) is 6.07 Å². The number of benzene rings is 2. The quantitative estimate of drug-likeness (QED) is 0.721. The number of para-hydroxylation sites is 1. The van der Waals surface area contributed by atoms with E-state index in [2.05, 4.69) is 5.32 Å². The lowest BCUT2D eigenvalue weighted by molar-refractivity contribution is -0.122. The molecule has 0 aliphatic rings. The van der Waals surface area contributed by atoms with E-state index in [9.17, 15) is 14.3 Å². The van der Waals surface area contributed by atoms with Crippen LogP contribution >= 0.6 is 0 Å². The van der Waals surface area contributed by atoms with Crippen molar-refractivity contribution < 1.29 is 18.7 Å². The summed E-state index contributed by atoms with van der Waals surface area (Å²) < 4.78 is 19.2. The van der Waals surface area contributed by atoms with Crippen LogP contribution in [-0.4, -0.2) is 17.6 Å². The fourth-order valence-corrected chi connectivity index (χ4v) is 2.64. The summed E-state index contributed by atoms with van der Waals surface area (Å²) >= 11 is 0. The van der Waals surface area contributed by atoms with Crippen molar-refractivity contribution in [2.75, 3.05) is 6.54 Å². The minimum atomic E-state index is -1.33. The molecule has 130 valence electrons. The maximum atomic E-state index is 13.6. The highest BCUT2D eigenvalue weighted by Crippen LogP contribution is 2.27. The van der Waals surface area contributed by atoms with Crippen LogP contribution in [0.15, 0.2) is 59.0 Å². The summed E-state index contributed by atoms with van der Waals surface area (Å²) in [5.41, 5.74) is -0.141. The number of nitrogens with one attached hydrogen (secondary N) is 1. The predicted molar refractivity (Wildman–Crippen MR) is 93.5 cm³/mol. The van der Waals surface area contributed by atoms with E-state index in [1.54, 1.807) is 31.2 Å². The van der Waals surface area contributed by atoms with Gasteiger partial charge in [0.2, 0.25) is 5.91 Å². The number of carbonyl (C=O) groups is 1. The number of aliphatic hydroxyl groups is 1. The van der Waals surface area contributed by atoms with Crippen LogP contribution in [0.25, 0.3) is 11.0 Å². The fraction of sp³-hybridized carbons (Fsp3) is 0.250. The van der Waals surface area contributed by atoms with Gasteiger partial charge in [-0.05, 0) is 37.1 Å². The molecule has 0 bridgehead atoms. The Bertz CT molecular complexity index is 852. The van der Waals surface area contributed by atoms with Crippen molar-refractivity contribution in [1.29, 1.82) is 0 Å². The molecule has 1 atom stereocenters. The molecule has 0 aliphatic heterocycles. The maximum absolute atomic E-state index is 13.6. The summed E-state index contributed by atoms with van der Waals surface area (Å²) in [7, 11) is 0. The van der Waals surface area contributed by atoms with Gasteiger partial charge in [-0.2, -0.15) is 0 Å². The predicted octanol–water partition coefficient (Wildman–Crippen LogP) is 3.53. The number of aryl methyl sites for hydroxylation is 1. The molecule has 0 saturated carbocycles. The second kappa shape index (κ2) is 7.07. The number of halogens is 1. The minimum absolute atomic E-state index is 0.0168. The highest BCUT2D eigenvalue weighted by molar-refractivity contribution is 5.78. The van der Waals surface area contributed by atoms with E-state index in [1.807, 2.05) is 24.3 Å². The van der Waals surface area contributed by atoms with Gasteiger partial charge in [0.05, 0.1) is 6.54 Å². The van der Waals surface area contributed by atoms with Gasteiger partial charge < -0.3 is 14.8 Å². The van der Waals surface area contributed by atoms with E-state index in [4.69, 9.17) is 4.42 Å². The fourth-order valence-electron chi connectivity index (χ4n) is 2.64. The van der Waals surface area contributed by atoms with Crippen molar-refractivity contribution in [3.05, 3.63) is 71.7 Å². The maximum Gasteiger partial charge on any atom is 0.220 e. The molecule has 25 heavy (non-hydrogen) atoms. The number of furan rings is 1. The smallest absolute Gasteiger partial charge is 0.220 e. The van der Waals surface area contributed by atoms with Crippen molar-refractivity contribution in [2.24, 2.45) is 0 Å². The van der Waals surface area contributed by atoms with Gasteiger partial charge in [-0.25, -0.2) is 4.39 Å². The molecule has 0 saturated heterocycles. The lowest BCUT2D eigenvalue weighted by atomic mass is 10.0. The molecule has 5 heteroatoms. The minimum Gasteiger partial charge on any atom is -0.458 e. The van der Waals surface area contributed by atoms with Crippen LogP contribution in [0.3, 0.4) is 0 Å². The SMILES string of the molecule is CC(O)(CNC(=O)CCc1ccccc1F)c1cc2ccccc2o1. The Balaban J connectivity index is 1.58. The van der Waals surface area contributed by atoms with E-state index in [-0.39, 0.29) is 24.7 Å². The second-order valence-corrected chi connectivity index (χ2v) is 6.29. The summed E-state index contributed by atoms with van der Waals surface area (Å²) in [5, 5.41) is 14.2. The Morgan fingerprint density at radius 3 is 2.68 bits per heavy atom. The lowest BCUT2D eigenvalue weighted by Crippen LogP contribution is -2.38. The third-order valence-electron chi connectivity index (χ3n) is 4.17. The van der Waals surface area contributed by atoms with Gasteiger partial charge in [-0.15, -0.1) is 0 Å². The Hall–Kier alpha value is -2.66. The summed E-state index contributed by atoms with van der Waals surface area (Å²) in [6.07, 6.45) is 0.461. The molecule has 3 aromatic rings. The normalized spacial score (nSPS) is 13.6. The molecule has 0 fully saturated rings. The van der Waals surface area contributed by atoms with Gasteiger partial charge in [0.1, 0.15) is 22.8 Å². The average Bonchev–Trinajstić information content (AvgIpc) is 3.04.